The van der Waals surface area contributed by atoms with Crippen LogP contribution in [0, 0.1) is 11.7 Å². The smallest absolute Gasteiger partial charge is 0.414 e. The molecule has 8 heteroatoms. The highest BCUT2D eigenvalue weighted by atomic mass is 19.1. The number of fused-ring (bicyclic) bond motifs is 3. The number of ether oxygens (including phenoxy) is 1. The van der Waals surface area contributed by atoms with E-state index in [0.29, 0.717) is 17.3 Å². The van der Waals surface area contributed by atoms with E-state index in [1.165, 1.54) is 49.4 Å². The second kappa shape index (κ2) is 9.72. The molecule has 4 fully saturated rings. The molecule has 7 nitrogen and oxygen atoms in total. The summed E-state index contributed by atoms with van der Waals surface area (Å²) in [5, 5.41) is 6.35. The monoisotopic (exact) mass is 466 g/mol. The van der Waals surface area contributed by atoms with Crippen molar-refractivity contribution in [1.29, 1.82) is 0 Å². The third kappa shape index (κ3) is 4.93. The minimum atomic E-state index is -0.539. The van der Waals surface area contributed by atoms with Gasteiger partial charge in [0.15, 0.2) is 0 Å². The zero-order valence-corrected chi connectivity index (χ0v) is 19.4. The van der Waals surface area contributed by atoms with E-state index >= 15 is 0 Å². The number of carbonyl (C=O) groups is 2. The van der Waals surface area contributed by atoms with Gasteiger partial charge in [-0.3, -0.25) is 9.69 Å². The Balaban J connectivity index is 1.20. The lowest BCUT2D eigenvalue weighted by Crippen LogP contribution is -2.55. The molecule has 0 aromatic heterocycles. The molecule has 34 heavy (non-hydrogen) atoms. The van der Waals surface area contributed by atoms with Crippen molar-refractivity contribution in [2.75, 3.05) is 37.6 Å². The summed E-state index contributed by atoms with van der Waals surface area (Å²) in [4.78, 5) is 27.2. The van der Waals surface area contributed by atoms with E-state index in [0.717, 1.165) is 24.6 Å². The van der Waals surface area contributed by atoms with E-state index in [1.807, 2.05) is 24.3 Å². The van der Waals surface area contributed by atoms with Gasteiger partial charge >= 0.3 is 6.09 Å². The summed E-state index contributed by atoms with van der Waals surface area (Å²) >= 11 is 0. The highest BCUT2D eigenvalue weighted by molar-refractivity contribution is 5.90. The first-order chi connectivity index (χ1) is 16.5. The molecule has 180 valence electrons. The Morgan fingerprint density at radius 2 is 1.88 bits per heavy atom. The van der Waals surface area contributed by atoms with Gasteiger partial charge < -0.3 is 20.3 Å². The van der Waals surface area contributed by atoms with Gasteiger partial charge in [0.05, 0.1) is 18.8 Å². The average molecular weight is 467 g/mol. The highest BCUT2D eigenvalue weighted by Gasteiger charge is 2.34. The number of piperidine rings is 3. The molecule has 4 aliphatic heterocycles. The van der Waals surface area contributed by atoms with Crippen LogP contribution in [0.3, 0.4) is 0 Å². The Bertz CT molecular complexity index is 1050. The molecule has 2 bridgehead atoms. The first-order valence-corrected chi connectivity index (χ1v) is 12.0. The molecule has 2 N–H and O–H groups in total. The SMILES string of the molecule is CC(=O)NCC1CN(c2ccc(-c3ccc(CNC4CN5CCC4CC5)cc3)c(F)c2)C(=O)O1. The summed E-state index contributed by atoms with van der Waals surface area (Å²) in [6.07, 6.45) is 1.58. The van der Waals surface area contributed by atoms with Crippen LogP contribution in [0.5, 0.6) is 0 Å². The van der Waals surface area contributed by atoms with Gasteiger partial charge in [0, 0.05) is 31.6 Å². The maximum Gasteiger partial charge on any atom is 0.414 e. The molecule has 2 aromatic carbocycles. The van der Waals surface area contributed by atoms with Crippen molar-refractivity contribution in [3.63, 3.8) is 0 Å². The van der Waals surface area contributed by atoms with Crippen molar-refractivity contribution >= 4 is 17.7 Å². The second-order valence-corrected chi connectivity index (χ2v) is 9.54. The van der Waals surface area contributed by atoms with Crippen molar-refractivity contribution in [3.05, 3.63) is 53.8 Å². The maximum atomic E-state index is 15.0. The van der Waals surface area contributed by atoms with Crippen molar-refractivity contribution in [1.82, 2.24) is 15.5 Å². The molecular weight excluding hydrogens is 435 g/mol. The molecule has 2 atom stereocenters. The third-order valence-corrected chi connectivity index (χ3v) is 7.21. The summed E-state index contributed by atoms with van der Waals surface area (Å²) in [5.74, 6) is 0.199. The van der Waals surface area contributed by atoms with Crippen LogP contribution in [0.25, 0.3) is 11.1 Å². The topological polar surface area (TPSA) is 73.9 Å². The highest BCUT2D eigenvalue weighted by Crippen LogP contribution is 2.30. The fraction of sp³-hybridized carbons (Fsp3) is 0.462. The average Bonchev–Trinajstić information content (AvgIpc) is 3.23. The molecule has 2 amide bonds. The largest absolute Gasteiger partial charge is 0.442 e. The first-order valence-electron chi connectivity index (χ1n) is 12.0. The number of hydrogen-bond donors (Lipinski definition) is 2. The van der Waals surface area contributed by atoms with E-state index in [2.05, 4.69) is 15.5 Å². The normalized spacial score (nSPS) is 25.9. The lowest BCUT2D eigenvalue weighted by Gasteiger charge is -2.45. The number of amides is 2. The number of nitrogens with one attached hydrogen (secondary N) is 2. The van der Waals surface area contributed by atoms with Crippen molar-refractivity contribution in [3.8, 4) is 11.1 Å². The van der Waals surface area contributed by atoms with Gasteiger partial charge in [0.1, 0.15) is 11.9 Å². The number of benzene rings is 2. The molecule has 4 aliphatic rings. The number of carbonyl (C=O) groups excluding carboxylic acids is 2. The number of nitrogens with zero attached hydrogens (tertiary/aromatic N) is 2. The Kier molecular flexibility index (Phi) is 6.52. The molecule has 4 heterocycles. The maximum absolute atomic E-state index is 15.0. The number of halogens is 1. The molecule has 2 aromatic rings. The van der Waals surface area contributed by atoms with Crippen molar-refractivity contribution < 1.29 is 18.7 Å². The van der Waals surface area contributed by atoms with E-state index < -0.39 is 18.0 Å². The Morgan fingerprint density at radius 3 is 2.53 bits per heavy atom. The molecule has 0 aliphatic carbocycles. The summed E-state index contributed by atoms with van der Waals surface area (Å²) in [6.45, 7) is 6.32. The second-order valence-electron chi connectivity index (χ2n) is 9.54. The van der Waals surface area contributed by atoms with Crippen LogP contribution in [0.2, 0.25) is 0 Å². The van der Waals surface area contributed by atoms with Crippen LogP contribution >= 0.6 is 0 Å². The van der Waals surface area contributed by atoms with Crippen LogP contribution in [-0.4, -0.2) is 61.8 Å². The van der Waals surface area contributed by atoms with Gasteiger partial charge in [-0.1, -0.05) is 24.3 Å². The predicted octanol–water partition coefficient (Wildman–Crippen LogP) is 3.14. The van der Waals surface area contributed by atoms with Gasteiger partial charge in [0.2, 0.25) is 5.91 Å². The van der Waals surface area contributed by atoms with Gasteiger partial charge in [-0.05, 0) is 61.2 Å². The predicted molar refractivity (Wildman–Crippen MR) is 128 cm³/mol. The summed E-state index contributed by atoms with van der Waals surface area (Å²) in [6, 6.07) is 13.3. The lowest BCUT2D eigenvalue weighted by atomic mass is 9.84. The molecule has 4 saturated heterocycles. The minimum Gasteiger partial charge on any atom is -0.442 e. The van der Waals surface area contributed by atoms with Gasteiger partial charge in [-0.2, -0.15) is 0 Å². The number of rotatable bonds is 7. The lowest BCUT2D eigenvalue weighted by molar-refractivity contribution is -0.119. The molecule has 2 unspecified atom stereocenters. The summed E-state index contributed by atoms with van der Waals surface area (Å²) in [7, 11) is 0. The summed E-state index contributed by atoms with van der Waals surface area (Å²) < 4.78 is 20.3. The Morgan fingerprint density at radius 1 is 1.12 bits per heavy atom. The van der Waals surface area contributed by atoms with Crippen LogP contribution in [-0.2, 0) is 16.1 Å². The first kappa shape index (κ1) is 22.8. The summed E-state index contributed by atoms with van der Waals surface area (Å²) in [5.41, 5.74) is 2.91. The van der Waals surface area contributed by atoms with Crippen LogP contribution in [0.15, 0.2) is 42.5 Å². The molecule has 0 spiro atoms. The Hall–Kier alpha value is -2.97. The van der Waals surface area contributed by atoms with Crippen molar-refractivity contribution in [2.24, 2.45) is 5.92 Å². The number of hydrogen-bond acceptors (Lipinski definition) is 5. The van der Waals surface area contributed by atoms with Crippen LogP contribution in [0.1, 0.15) is 25.3 Å². The van der Waals surface area contributed by atoms with Gasteiger partial charge in [0.25, 0.3) is 0 Å². The van der Waals surface area contributed by atoms with E-state index in [4.69, 9.17) is 4.74 Å². The quantitative estimate of drug-likeness (QED) is 0.656. The zero-order valence-electron chi connectivity index (χ0n) is 19.4. The fourth-order valence-corrected chi connectivity index (χ4v) is 5.25. The van der Waals surface area contributed by atoms with E-state index in [-0.39, 0.29) is 19.0 Å². The number of cyclic esters (lactones) is 1. The van der Waals surface area contributed by atoms with Crippen molar-refractivity contribution in [2.45, 2.75) is 38.5 Å². The molecule has 0 saturated carbocycles. The fourth-order valence-electron chi connectivity index (χ4n) is 5.25. The van der Waals surface area contributed by atoms with Gasteiger partial charge in [-0.15, -0.1) is 0 Å². The van der Waals surface area contributed by atoms with Crippen LogP contribution in [0.4, 0.5) is 14.9 Å². The standard InChI is InChI=1S/C26H31FN4O3/c1-17(32)28-14-22-15-31(26(33)34-22)21-6-7-23(24(27)12-21)19-4-2-18(3-5-19)13-29-25-16-30-10-8-20(25)9-11-30/h2-7,12,20,22,25,29H,8-11,13-16H2,1H3,(H,28,32). The molecule has 6 rings (SSSR count). The number of anilines is 1. The Labute approximate surface area is 199 Å². The third-order valence-electron chi connectivity index (χ3n) is 7.21. The van der Waals surface area contributed by atoms with Crippen LogP contribution < -0.4 is 15.5 Å². The van der Waals surface area contributed by atoms with E-state index in [9.17, 15) is 14.0 Å². The zero-order chi connectivity index (χ0) is 23.7. The molecule has 0 radical (unpaired) electrons. The molecular formula is C26H31FN4O3. The van der Waals surface area contributed by atoms with E-state index in [1.54, 1.807) is 12.1 Å². The minimum absolute atomic E-state index is 0.189. The van der Waals surface area contributed by atoms with Gasteiger partial charge in [-0.25, -0.2) is 9.18 Å².